The lowest BCUT2D eigenvalue weighted by Gasteiger charge is -2.19. The molecule has 0 bridgehead atoms. The molecule has 1 saturated carbocycles. The van der Waals surface area contributed by atoms with E-state index in [0.717, 1.165) is 12.8 Å². The van der Waals surface area contributed by atoms with Gasteiger partial charge in [-0.2, -0.15) is 10.4 Å². The Morgan fingerprint density at radius 3 is 2.75 bits per heavy atom. The smallest absolute Gasteiger partial charge is 0.177 e. The first-order valence-corrected chi connectivity index (χ1v) is 13.0. The highest BCUT2D eigenvalue weighted by Crippen LogP contribution is 2.36. The number of allylic oxidation sites excluding steroid dienone is 1. The minimum atomic E-state index is -0.560. The Hall–Kier alpha value is -4.66. The van der Waals surface area contributed by atoms with Crippen LogP contribution in [0.1, 0.15) is 19.3 Å². The van der Waals surface area contributed by atoms with E-state index in [1.807, 2.05) is 24.3 Å². The maximum absolute atomic E-state index is 15.4. The van der Waals surface area contributed by atoms with E-state index in [1.54, 1.807) is 35.0 Å². The van der Waals surface area contributed by atoms with Crippen molar-refractivity contribution in [1.29, 1.82) is 5.26 Å². The number of anilines is 1. The number of nitrogens with zero attached hydrogens (tertiary/aromatic N) is 5. The standard InChI is InChI=1S/C29H27FN8O2/c30-22-12-19(40-18-4-2-1-3-5-18)6-7-20(22)25-24-27(32)35-16-36-28(24)38(37-25)15-23-21(8-11-34-23)26(39)17(14-31)13-29(33)9-10-29/h1-7,12-13,16,21,23,34H,8-11,15,33H2,(H2,32,35,36). The van der Waals surface area contributed by atoms with Gasteiger partial charge in [0.1, 0.15) is 41.2 Å². The minimum absolute atomic E-state index is 0.0937. The van der Waals surface area contributed by atoms with Crippen molar-refractivity contribution >= 4 is 22.6 Å². The zero-order valence-corrected chi connectivity index (χ0v) is 21.5. The lowest BCUT2D eigenvalue weighted by Crippen LogP contribution is -2.36. The van der Waals surface area contributed by atoms with Crippen molar-refractivity contribution in [3.63, 3.8) is 0 Å². The Labute approximate surface area is 229 Å². The van der Waals surface area contributed by atoms with Crippen LogP contribution in [0.15, 0.2) is 66.5 Å². The molecule has 5 N–H and O–H groups in total. The number of nitrogen functional groups attached to an aromatic ring is 1. The highest BCUT2D eigenvalue weighted by molar-refractivity contribution is 6.01. The molecular weight excluding hydrogens is 511 g/mol. The summed E-state index contributed by atoms with van der Waals surface area (Å²) >= 11 is 0. The van der Waals surface area contributed by atoms with Gasteiger partial charge in [0.15, 0.2) is 11.4 Å². The molecule has 1 aliphatic carbocycles. The number of carbonyl (C=O) groups is 1. The summed E-state index contributed by atoms with van der Waals surface area (Å²) in [7, 11) is 0. The number of hydrogen-bond acceptors (Lipinski definition) is 9. The van der Waals surface area contributed by atoms with E-state index in [1.165, 1.54) is 12.4 Å². The second kappa shape index (κ2) is 10.1. The van der Waals surface area contributed by atoms with Gasteiger partial charge in [-0.3, -0.25) is 4.79 Å². The third-order valence-corrected chi connectivity index (χ3v) is 7.43. The summed E-state index contributed by atoms with van der Waals surface area (Å²) in [5.74, 6) is -0.141. The van der Waals surface area contributed by atoms with E-state index >= 15 is 4.39 Å². The van der Waals surface area contributed by atoms with Crippen LogP contribution in [0.25, 0.3) is 22.3 Å². The minimum Gasteiger partial charge on any atom is -0.457 e. The number of fused-ring (bicyclic) bond motifs is 1. The van der Waals surface area contributed by atoms with Crippen LogP contribution in [-0.2, 0) is 11.3 Å². The van der Waals surface area contributed by atoms with Crippen LogP contribution in [0, 0.1) is 23.1 Å². The molecule has 1 aliphatic heterocycles. The summed E-state index contributed by atoms with van der Waals surface area (Å²) in [6.45, 7) is 0.862. The zero-order chi connectivity index (χ0) is 27.9. The topological polar surface area (TPSA) is 158 Å². The van der Waals surface area contributed by atoms with Gasteiger partial charge in [-0.15, -0.1) is 0 Å². The molecule has 11 heteroatoms. The van der Waals surface area contributed by atoms with Crippen LogP contribution in [0.4, 0.5) is 10.2 Å². The number of rotatable bonds is 8. The van der Waals surface area contributed by atoms with Crippen molar-refractivity contribution in [2.75, 3.05) is 12.3 Å². The van der Waals surface area contributed by atoms with Crippen LogP contribution < -0.4 is 21.5 Å². The number of nitriles is 1. The molecule has 6 rings (SSSR count). The van der Waals surface area contributed by atoms with Crippen molar-refractivity contribution in [3.05, 3.63) is 72.3 Å². The molecule has 2 aromatic carbocycles. The van der Waals surface area contributed by atoms with Crippen LogP contribution in [0.2, 0.25) is 0 Å². The molecule has 4 aromatic rings. The molecule has 3 heterocycles. The number of ketones is 1. The van der Waals surface area contributed by atoms with Gasteiger partial charge in [0.05, 0.1) is 17.5 Å². The van der Waals surface area contributed by atoms with Gasteiger partial charge in [-0.05, 0) is 56.1 Å². The first kappa shape index (κ1) is 25.6. The van der Waals surface area contributed by atoms with Gasteiger partial charge in [0.2, 0.25) is 0 Å². The average molecular weight is 539 g/mol. The molecular formula is C29H27FN8O2. The third kappa shape index (κ3) is 4.90. The zero-order valence-electron chi connectivity index (χ0n) is 21.5. The van der Waals surface area contributed by atoms with Crippen LogP contribution >= 0.6 is 0 Å². The van der Waals surface area contributed by atoms with Gasteiger partial charge in [0, 0.05) is 29.1 Å². The highest BCUT2D eigenvalue weighted by Gasteiger charge is 2.40. The van der Waals surface area contributed by atoms with E-state index in [-0.39, 0.29) is 41.0 Å². The van der Waals surface area contributed by atoms with E-state index in [9.17, 15) is 10.1 Å². The van der Waals surface area contributed by atoms with Crippen molar-refractivity contribution in [3.8, 4) is 28.8 Å². The second-order valence-corrected chi connectivity index (χ2v) is 10.3. The number of aromatic nitrogens is 4. The molecule has 40 heavy (non-hydrogen) atoms. The number of nitrogens with one attached hydrogen (secondary N) is 1. The maximum Gasteiger partial charge on any atom is 0.177 e. The van der Waals surface area contributed by atoms with Gasteiger partial charge in [-0.25, -0.2) is 19.0 Å². The molecule has 2 fully saturated rings. The summed E-state index contributed by atoms with van der Waals surface area (Å²) < 4.78 is 22.8. The van der Waals surface area contributed by atoms with Gasteiger partial charge >= 0.3 is 0 Å². The summed E-state index contributed by atoms with van der Waals surface area (Å²) in [6, 6.07) is 15.3. The summed E-state index contributed by atoms with van der Waals surface area (Å²) in [4.78, 5) is 21.8. The largest absolute Gasteiger partial charge is 0.457 e. The Morgan fingerprint density at radius 2 is 2.02 bits per heavy atom. The molecule has 0 radical (unpaired) electrons. The summed E-state index contributed by atoms with van der Waals surface area (Å²) in [6.07, 6.45) is 5.02. The van der Waals surface area contributed by atoms with Crippen LogP contribution in [0.5, 0.6) is 11.5 Å². The van der Waals surface area contributed by atoms with E-state index in [2.05, 4.69) is 20.4 Å². The number of para-hydroxylation sites is 1. The molecule has 0 spiro atoms. The molecule has 202 valence electrons. The fourth-order valence-electron chi connectivity index (χ4n) is 5.12. The van der Waals surface area contributed by atoms with Crippen LogP contribution in [0.3, 0.4) is 0 Å². The first-order valence-electron chi connectivity index (χ1n) is 13.0. The maximum atomic E-state index is 15.4. The number of ether oxygens (including phenoxy) is 1. The SMILES string of the molecule is N#CC(=CC1(N)CC1)C(=O)C1CCNC1Cn1nc(-c2ccc(Oc3ccccc3)cc2F)c2c(N)ncnc21. The van der Waals surface area contributed by atoms with Gasteiger partial charge in [-0.1, -0.05) is 18.2 Å². The number of Topliss-reactive ketones (excluding diaryl/α,β-unsaturated/α-hetero) is 1. The fourth-order valence-corrected chi connectivity index (χ4v) is 5.12. The van der Waals surface area contributed by atoms with E-state index < -0.39 is 17.3 Å². The molecule has 2 unspecified atom stereocenters. The Bertz CT molecular complexity index is 1670. The van der Waals surface area contributed by atoms with E-state index in [4.69, 9.17) is 16.2 Å². The Morgan fingerprint density at radius 1 is 1.23 bits per heavy atom. The number of hydrogen-bond donors (Lipinski definition) is 3. The number of carbonyl (C=O) groups excluding carboxylic acids is 1. The first-order chi connectivity index (χ1) is 19.3. The predicted octanol–water partition coefficient (Wildman–Crippen LogP) is 3.50. The quantitative estimate of drug-likeness (QED) is 0.225. The monoisotopic (exact) mass is 538 g/mol. The van der Waals surface area contributed by atoms with Gasteiger partial charge in [0.25, 0.3) is 0 Å². The van der Waals surface area contributed by atoms with Crippen molar-refractivity contribution in [2.24, 2.45) is 11.7 Å². The summed E-state index contributed by atoms with van der Waals surface area (Å²) in [5.41, 5.74) is 12.8. The molecule has 0 amide bonds. The van der Waals surface area contributed by atoms with Gasteiger partial charge < -0.3 is 21.5 Å². The lowest BCUT2D eigenvalue weighted by atomic mass is 9.90. The molecule has 2 atom stereocenters. The highest BCUT2D eigenvalue weighted by atomic mass is 19.1. The molecule has 2 aromatic heterocycles. The number of halogens is 1. The predicted molar refractivity (Wildman–Crippen MR) is 146 cm³/mol. The van der Waals surface area contributed by atoms with Crippen LogP contribution in [-0.4, -0.2) is 43.7 Å². The third-order valence-electron chi connectivity index (χ3n) is 7.43. The van der Waals surface area contributed by atoms with Crippen molar-refractivity contribution in [2.45, 2.75) is 37.4 Å². The van der Waals surface area contributed by atoms with Crippen molar-refractivity contribution in [1.82, 2.24) is 25.1 Å². The molecule has 2 aliphatic rings. The molecule has 10 nitrogen and oxygen atoms in total. The van der Waals surface area contributed by atoms with Crippen molar-refractivity contribution < 1.29 is 13.9 Å². The van der Waals surface area contributed by atoms with E-state index in [0.29, 0.717) is 35.5 Å². The summed E-state index contributed by atoms with van der Waals surface area (Å²) in [5, 5.41) is 18.1. The number of nitrogens with two attached hydrogens (primary N) is 2. The lowest BCUT2D eigenvalue weighted by molar-refractivity contribution is -0.119. The Balaban J connectivity index is 1.31. The fraction of sp³-hybridized carbons (Fsp3) is 0.276. The Kier molecular flexibility index (Phi) is 6.50. The second-order valence-electron chi connectivity index (χ2n) is 10.3. The molecule has 1 saturated heterocycles. The average Bonchev–Trinajstić information content (AvgIpc) is 3.32. The number of benzene rings is 2. The normalized spacial score (nSPS) is 19.9.